The van der Waals surface area contributed by atoms with Crippen LogP contribution in [0.5, 0.6) is 0 Å². The maximum absolute atomic E-state index is 12.6. The number of amides is 2. The van der Waals surface area contributed by atoms with Gasteiger partial charge in [0, 0.05) is 44.4 Å². The molecule has 0 saturated heterocycles. The lowest BCUT2D eigenvalue weighted by Gasteiger charge is -2.12. The average molecular weight is 440 g/mol. The van der Waals surface area contributed by atoms with Crippen molar-refractivity contribution < 1.29 is 23.9 Å². The second-order valence-electron chi connectivity index (χ2n) is 6.99. The summed E-state index contributed by atoms with van der Waals surface area (Å²) in [4.78, 5) is 43.2. The smallest absolute Gasteiger partial charge is 0.338 e. The van der Waals surface area contributed by atoms with Crippen molar-refractivity contribution in [3.05, 3.63) is 58.4 Å². The van der Waals surface area contributed by atoms with E-state index in [1.54, 1.807) is 18.0 Å². The monoisotopic (exact) mass is 440 g/mol. The van der Waals surface area contributed by atoms with Crippen molar-refractivity contribution in [2.75, 3.05) is 20.3 Å². The van der Waals surface area contributed by atoms with Crippen molar-refractivity contribution in [2.45, 2.75) is 13.0 Å². The van der Waals surface area contributed by atoms with E-state index >= 15 is 0 Å². The Morgan fingerprint density at radius 3 is 2.74 bits per heavy atom. The van der Waals surface area contributed by atoms with Crippen molar-refractivity contribution in [2.24, 2.45) is 7.05 Å². The summed E-state index contributed by atoms with van der Waals surface area (Å²) in [5, 5.41) is 6.72. The van der Waals surface area contributed by atoms with Crippen LogP contribution in [0.15, 0.2) is 36.0 Å². The number of benzene rings is 1. The van der Waals surface area contributed by atoms with Crippen LogP contribution >= 0.6 is 11.3 Å². The number of aromatic nitrogens is 3. The molecule has 0 atom stereocenters. The Hall–Kier alpha value is -3.37. The van der Waals surface area contributed by atoms with E-state index in [9.17, 15) is 14.4 Å². The summed E-state index contributed by atoms with van der Waals surface area (Å²) in [5.74, 6) is -1.36. The van der Waals surface area contributed by atoms with Gasteiger partial charge in [0.1, 0.15) is 11.6 Å². The highest BCUT2D eigenvalue weighted by Crippen LogP contribution is 2.26. The molecule has 10 heteroatoms. The van der Waals surface area contributed by atoms with E-state index < -0.39 is 11.9 Å². The molecule has 0 radical (unpaired) electrons. The highest BCUT2D eigenvalue weighted by molar-refractivity contribution is 7.13. The van der Waals surface area contributed by atoms with E-state index in [4.69, 9.17) is 9.47 Å². The zero-order valence-corrected chi connectivity index (χ0v) is 17.8. The first-order valence-electron chi connectivity index (χ1n) is 9.57. The van der Waals surface area contributed by atoms with Crippen LogP contribution in [0.25, 0.3) is 10.6 Å². The fraction of sp³-hybridized carbons (Fsp3) is 0.286. The minimum Gasteiger partial charge on any atom is -0.456 e. The first-order chi connectivity index (χ1) is 15.0. The van der Waals surface area contributed by atoms with Gasteiger partial charge < -0.3 is 9.47 Å². The standard InChI is InChI=1S/C21H20N4O5S/c1-24-10-14(9-22-24)18-23-15(12-31-18)11-30-21(28)13-4-5-16-17(8-13)20(27)25(19(16)26)6-3-7-29-2/h4-5,8-10,12H,3,6-7,11H2,1-2H3. The van der Waals surface area contributed by atoms with Gasteiger partial charge in [-0.2, -0.15) is 5.10 Å². The SMILES string of the molecule is COCCCN1C(=O)c2ccc(C(=O)OCc3csc(-c4cnn(C)c4)n3)cc2C1=O. The highest BCUT2D eigenvalue weighted by atomic mass is 32.1. The molecule has 0 unspecified atom stereocenters. The summed E-state index contributed by atoms with van der Waals surface area (Å²) in [6, 6.07) is 4.40. The van der Waals surface area contributed by atoms with Gasteiger partial charge in [0.15, 0.2) is 0 Å². The van der Waals surface area contributed by atoms with Crippen molar-refractivity contribution in [3.63, 3.8) is 0 Å². The maximum Gasteiger partial charge on any atom is 0.338 e. The van der Waals surface area contributed by atoms with E-state index in [1.165, 1.54) is 34.4 Å². The summed E-state index contributed by atoms with van der Waals surface area (Å²) in [6.45, 7) is 0.718. The molecule has 4 rings (SSSR count). The number of esters is 1. The van der Waals surface area contributed by atoms with Gasteiger partial charge in [-0.1, -0.05) is 0 Å². The van der Waals surface area contributed by atoms with Gasteiger partial charge in [0.05, 0.1) is 28.6 Å². The molecule has 2 amide bonds. The third-order valence-electron chi connectivity index (χ3n) is 4.79. The summed E-state index contributed by atoms with van der Waals surface area (Å²) in [7, 11) is 3.39. The van der Waals surface area contributed by atoms with Crippen molar-refractivity contribution in [3.8, 4) is 10.6 Å². The molecule has 0 fully saturated rings. The van der Waals surface area contributed by atoms with Gasteiger partial charge in [-0.15, -0.1) is 11.3 Å². The normalized spacial score (nSPS) is 13.0. The first kappa shape index (κ1) is 20.9. The largest absolute Gasteiger partial charge is 0.456 e. The fourth-order valence-corrected chi connectivity index (χ4v) is 4.03. The van der Waals surface area contributed by atoms with Crippen LogP contribution in [-0.2, 0) is 23.1 Å². The Bertz CT molecular complexity index is 1150. The Morgan fingerprint density at radius 1 is 1.19 bits per heavy atom. The number of hydrogen-bond donors (Lipinski definition) is 0. The molecule has 3 heterocycles. The molecule has 0 saturated carbocycles. The van der Waals surface area contributed by atoms with Gasteiger partial charge >= 0.3 is 5.97 Å². The third kappa shape index (κ3) is 4.25. The van der Waals surface area contributed by atoms with Crippen LogP contribution in [0.1, 0.15) is 43.2 Å². The Morgan fingerprint density at radius 2 is 2.00 bits per heavy atom. The molecule has 160 valence electrons. The number of methoxy groups -OCH3 is 1. The van der Waals surface area contributed by atoms with E-state index in [-0.39, 0.29) is 30.2 Å². The number of rotatable bonds is 8. The molecule has 9 nitrogen and oxygen atoms in total. The Kier molecular flexibility index (Phi) is 5.92. The zero-order chi connectivity index (χ0) is 22.0. The lowest BCUT2D eigenvalue weighted by atomic mass is 10.1. The van der Waals surface area contributed by atoms with Crippen LogP contribution in [0, 0.1) is 0 Å². The quantitative estimate of drug-likeness (QED) is 0.301. The average Bonchev–Trinajstić information content (AvgIpc) is 3.47. The number of fused-ring (bicyclic) bond motifs is 1. The molecular formula is C21H20N4O5S. The minimum absolute atomic E-state index is 0.00268. The topological polar surface area (TPSA) is 104 Å². The zero-order valence-electron chi connectivity index (χ0n) is 17.0. The van der Waals surface area contributed by atoms with Gasteiger partial charge in [0.2, 0.25) is 0 Å². The second-order valence-corrected chi connectivity index (χ2v) is 7.85. The van der Waals surface area contributed by atoms with E-state index in [0.29, 0.717) is 24.3 Å². The summed E-state index contributed by atoms with van der Waals surface area (Å²) >= 11 is 1.44. The van der Waals surface area contributed by atoms with Gasteiger partial charge in [0.25, 0.3) is 11.8 Å². The number of carbonyl (C=O) groups excluding carboxylic acids is 3. The number of carbonyl (C=O) groups is 3. The van der Waals surface area contributed by atoms with Crippen LogP contribution in [-0.4, -0.2) is 57.7 Å². The van der Waals surface area contributed by atoms with Crippen LogP contribution in [0.3, 0.4) is 0 Å². The predicted molar refractivity (Wildman–Crippen MR) is 112 cm³/mol. The third-order valence-corrected chi connectivity index (χ3v) is 5.73. The van der Waals surface area contributed by atoms with Gasteiger partial charge in [-0.3, -0.25) is 19.2 Å². The molecule has 3 aromatic rings. The van der Waals surface area contributed by atoms with Crippen molar-refractivity contribution in [1.82, 2.24) is 19.7 Å². The molecule has 0 bridgehead atoms. The van der Waals surface area contributed by atoms with E-state index in [1.807, 2.05) is 18.6 Å². The summed E-state index contributed by atoms with van der Waals surface area (Å²) in [5.41, 5.74) is 2.22. The molecule has 1 aliphatic rings. The lowest BCUT2D eigenvalue weighted by molar-refractivity contribution is 0.0468. The van der Waals surface area contributed by atoms with Crippen LogP contribution in [0.4, 0.5) is 0 Å². The minimum atomic E-state index is -0.586. The number of thiazole rings is 1. The Labute approximate surface area is 182 Å². The predicted octanol–water partition coefficient (Wildman–Crippen LogP) is 2.53. The van der Waals surface area contributed by atoms with Gasteiger partial charge in [-0.05, 0) is 24.6 Å². The number of ether oxygens (including phenoxy) is 2. The van der Waals surface area contributed by atoms with E-state index in [0.717, 1.165) is 10.6 Å². The van der Waals surface area contributed by atoms with Crippen LogP contribution in [0.2, 0.25) is 0 Å². The lowest BCUT2D eigenvalue weighted by Crippen LogP contribution is -2.31. The number of hydrogen-bond acceptors (Lipinski definition) is 8. The molecule has 31 heavy (non-hydrogen) atoms. The molecule has 0 spiro atoms. The van der Waals surface area contributed by atoms with Crippen LogP contribution < -0.4 is 0 Å². The second kappa shape index (κ2) is 8.78. The number of imide groups is 1. The Balaban J connectivity index is 1.41. The number of nitrogens with zero attached hydrogens (tertiary/aromatic N) is 4. The van der Waals surface area contributed by atoms with Gasteiger partial charge in [-0.25, -0.2) is 9.78 Å². The number of aryl methyl sites for hydroxylation is 1. The molecule has 0 N–H and O–H groups in total. The van der Waals surface area contributed by atoms with Crippen molar-refractivity contribution >= 4 is 29.1 Å². The first-order valence-corrected chi connectivity index (χ1v) is 10.5. The molecule has 2 aromatic heterocycles. The van der Waals surface area contributed by atoms with Crippen molar-refractivity contribution in [1.29, 1.82) is 0 Å². The molecule has 1 aromatic carbocycles. The summed E-state index contributed by atoms with van der Waals surface area (Å²) < 4.78 is 12.0. The highest BCUT2D eigenvalue weighted by Gasteiger charge is 2.35. The van der Waals surface area contributed by atoms with E-state index in [2.05, 4.69) is 10.1 Å². The maximum atomic E-state index is 12.6. The fourth-order valence-electron chi connectivity index (χ4n) is 3.25. The molecule has 0 aliphatic carbocycles. The summed E-state index contributed by atoms with van der Waals surface area (Å²) in [6.07, 6.45) is 4.12. The molecule has 1 aliphatic heterocycles. The molecular weight excluding hydrogens is 420 g/mol.